The summed E-state index contributed by atoms with van der Waals surface area (Å²) in [4.78, 5) is 26.9. The van der Waals surface area contributed by atoms with Crippen LogP contribution >= 0.6 is 0 Å². The first kappa shape index (κ1) is 23.4. The number of hydrogen-bond acceptors (Lipinski definition) is 5. The zero-order valence-corrected chi connectivity index (χ0v) is 19.1. The standard InChI is InChI=1S/C25H33N3O4/c1-28(20-7-5-4-6-8-20)21-12-9-18(10-13-21)16-26-24(29)17-27-25(30)19-11-14-22(31-2)23(15-19)32-3/h9-15,20H,4-8,16-17H2,1-3H3,(H,26,29)(H,27,30). The Morgan fingerprint density at radius 2 is 1.62 bits per heavy atom. The second-order valence-corrected chi connectivity index (χ2v) is 8.10. The Kier molecular flexibility index (Phi) is 8.36. The van der Waals surface area contributed by atoms with Gasteiger partial charge in [-0.25, -0.2) is 0 Å². The third-order valence-corrected chi connectivity index (χ3v) is 6.01. The van der Waals surface area contributed by atoms with Crippen molar-refractivity contribution in [2.24, 2.45) is 0 Å². The molecule has 2 aromatic carbocycles. The lowest BCUT2D eigenvalue weighted by Gasteiger charge is -2.33. The van der Waals surface area contributed by atoms with Crippen LogP contribution in [0.15, 0.2) is 42.5 Å². The molecule has 172 valence electrons. The van der Waals surface area contributed by atoms with Crippen LogP contribution in [-0.4, -0.2) is 45.7 Å². The van der Waals surface area contributed by atoms with Gasteiger partial charge in [-0.05, 0) is 48.7 Å². The smallest absolute Gasteiger partial charge is 0.251 e. The average molecular weight is 440 g/mol. The van der Waals surface area contributed by atoms with Gasteiger partial charge in [0.05, 0.1) is 20.8 Å². The SMILES string of the molecule is COc1ccc(C(=O)NCC(=O)NCc2ccc(N(C)C3CCCCC3)cc2)cc1OC. The number of nitrogens with one attached hydrogen (secondary N) is 2. The van der Waals surface area contributed by atoms with Crippen LogP contribution in [0.25, 0.3) is 0 Å². The monoisotopic (exact) mass is 439 g/mol. The van der Waals surface area contributed by atoms with Crippen LogP contribution in [0.3, 0.4) is 0 Å². The summed E-state index contributed by atoms with van der Waals surface area (Å²) in [5, 5.41) is 5.48. The molecule has 0 spiro atoms. The molecule has 2 amide bonds. The van der Waals surface area contributed by atoms with E-state index in [4.69, 9.17) is 9.47 Å². The van der Waals surface area contributed by atoms with E-state index in [1.807, 2.05) is 12.1 Å². The fraction of sp³-hybridized carbons (Fsp3) is 0.440. The van der Waals surface area contributed by atoms with Crippen molar-refractivity contribution in [2.45, 2.75) is 44.7 Å². The maximum Gasteiger partial charge on any atom is 0.251 e. The maximum absolute atomic E-state index is 12.3. The minimum Gasteiger partial charge on any atom is -0.493 e. The summed E-state index contributed by atoms with van der Waals surface area (Å²) in [5.41, 5.74) is 2.62. The second-order valence-electron chi connectivity index (χ2n) is 8.10. The number of carbonyl (C=O) groups is 2. The molecular weight excluding hydrogens is 406 g/mol. The molecule has 2 aromatic rings. The molecule has 3 rings (SSSR count). The molecule has 0 aromatic heterocycles. The number of methoxy groups -OCH3 is 2. The molecule has 0 heterocycles. The largest absolute Gasteiger partial charge is 0.493 e. The van der Waals surface area contributed by atoms with Gasteiger partial charge in [0.25, 0.3) is 5.91 Å². The predicted octanol–water partition coefficient (Wildman–Crippen LogP) is 3.52. The van der Waals surface area contributed by atoms with Gasteiger partial charge < -0.3 is 25.0 Å². The second kappa shape index (κ2) is 11.4. The maximum atomic E-state index is 12.3. The van der Waals surface area contributed by atoms with Crippen molar-refractivity contribution in [3.05, 3.63) is 53.6 Å². The van der Waals surface area contributed by atoms with Crippen LogP contribution in [0.2, 0.25) is 0 Å². The third kappa shape index (κ3) is 6.15. The van der Waals surface area contributed by atoms with Crippen LogP contribution in [0.1, 0.15) is 48.0 Å². The number of nitrogens with zero attached hydrogens (tertiary/aromatic N) is 1. The van der Waals surface area contributed by atoms with Gasteiger partial charge in [-0.2, -0.15) is 0 Å². The fourth-order valence-electron chi connectivity index (χ4n) is 4.03. The van der Waals surface area contributed by atoms with E-state index in [0.29, 0.717) is 29.6 Å². The summed E-state index contributed by atoms with van der Waals surface area (Å²) in [6.45, 7) is 0.314. The van der Waals surface area contributed by atoms with Crippen molar-refractivity contribution in [1.29, 1.82) is 0 Å². The number of hydrogen-bond donors (Lipinski definition) is 2. The molecule has 1 fully saturated rings. The van der Waals surface area contributed by atoms with Gasteiger partial charge in [0.1, 0.15) is 0 Å². The molecule has 32 heavy (non-hydrogen) atoms. The quantitative estimate of drug-likeness (QED) is 0.625. The van der Waals surface area contributed by atoms with E-state index < -0.39 is 0 Å². The van der Waals surface area contributed by atoms with Crippen molar-refractivity contribution < 1.29 is 19.1 Å². The number of ether oxygens (including phenoxy) is 2. The summed E-state index contributed by atoms with van der Waals surface area (Å²) in [6, 6.07) is 13.8. The van der Waals surface area contributed by atoms with E-state index in [-0.39, 0.29) is 18.4 Å². The Morgan fingerprint density at radius 3 is 2.28 bits per heavy atom. The Balaban J connectivity index is 1.45. The van der Waals surface area contributed by atoms with Crippen molar-refractivity contribution >= 4 is 17.5 Å². The van der Waals surface area contributed by atoms with Gasteiger partial charge in [0, 0.05) is 30.9 Å². The van der Waals surface area contributed by atoms with Crippen molar-refractivity contribution in [2.75, 3.05) is 32.7 Å². The van der Waals surface area contributed by atoms with Crippen LogP contribution in [-0.2, 0) is 11.3 Å². The van der Waals surface area contributed by atoms with Crippen LogP contribution in [0, 0.1) is 0 Å². The summed E-state index contributed by atoms with van der Waals surface area (Å²) < 4.78 is 10.4. The van der Waals surface area contributed by atoms with Gasteiger partial charge in [-0.15, -0.1) is 0 Å². The lowest BCUT2D eigenvalue weighted by atomic mass is 9.94. The highest BCUT2D eigenvalue weighted by molar-refractivity contribution is 5.97. The normalized spacial score (nSPS) is 13.8. The molecule has 7 nitrogen and oxygen atoms in total. The predicted molar refractivity (Wildman–Crippen MR) is 125 cm³/mol. The highest BCUT2D eigenvalue weighted by atomic mass is 16.5. The van der Waals surface area contributed by atoms with Gasteiger partial charge >= 0.3 is 0 Å². The van der Waals surface area contributed by atoms with Gasteiger partial charge in [-0.3, -0.25) is 9.59 Å². The fourth-order valence-corrected chi connectivity index (χ4v) is 4.03. The first-order valence-corrected chi connectivity index (χ1v) is 11.1. The molecule has 0 atom stereocenters. The molecule has 0 radical (unpaired) electrons. The summed E-state index contributed by atoms with van der Waals surface area (Å²) in [7, 11) is 5.20. The first-order valence-electron chi connectivity index (χ1n) is 11.1. The van der Waals surface area contributed by atoms with Crippen LogP contribution in [0.4, 0.5) is 5.69 Å². The molecule has 0 bridgehead atoms. The van der Waals surface area contributed by atoms with Crippen molar-refractivity contribution in [3.63, 3.8) is 0 Å². The Morgan fingerprint density at radius 1 is 0.938 bits per heavy atom. The molecule has 1 aliphatic rings. The molecule has 2 N–H and O–H groups in total. The molecule has 0 unspecified atom stereocenters. The molecule has 7 heteroatoms. The van der Waals surface area contributed by atoms with E-state index in [1.165, 1.54) is 52.0 Å². The Bertz CT molecular complexity index is 908. The van der Waals surface area contributed by atoms with E-state index in [2.05, 4.69) is 34.7 Å². The number of amides is 2. The highest BCUT2D eigenvalue weighted by Crippen LogP contribution is 2.28. The summed E-state index contributed by atoms with van der Waals surface area (Å²) >= 11 is 0. The Hall–Kier alpha value is -3.22. The highest BCUT2D eigenvalue weighted by Gasteiger charge is 2.18. The number of benzene rings is 2. The molecule has 0 aliphatic heterocycles. The lowest BCUT2D eigenvalue weighted by molar-refractivity contribution is -0.120. The first-order chi connectivity index (χ1) is 15.5. The van der Waals surface area contributed by atoms with Gasteiger partial charge in [0.2, 0.25) is 5.91 Å². The zero-order valence-electron chi connectivity index (χ0n) is 19.1. The van der Waals surface area contributed by atoms with Gasteiger partial charge in [-0.1, -0.05) is 31.4 Å². The van der Waals surface area contributed by atoms with Gasteiger partial charge in [0.15, 0.2) is 11.5 Å². The molecule has 1 saturated carbocycles. The van der Waals surface area contributed by atoms with Crippen LogP contribution in [0.5, 0.6) is 11.5 Å². The minimum atomic E-state index is -0.351. The molecule has 1 aliphatic carbocycles. The van der Waals surface area contributed by atoms with E-state index in [0.717, 1.165) is 5.56 Å². The van der Waals surface area contributed by atoms with Crippen molar-refractivity contribution in [3.8, 4) is 11.5 Å². The zero-order chi connectivity index (χ0) is 22.9. The molecule has 0 saturated heterocycles. The number of carbonyl (C=O) groups excluding carboxylic acids is 2. The van der Waals surface area contributed by atoms with Crippen LogP contribution < -0.4 is 25.0 Å². The molecular formula is C25H33N3O4. The van der Waals surface area contributed by atoms with E-state index >= 15 is 0 Å². The topological polar surface area (TPSA) is 79.9 Å². The average Bonchev–Trinajstić information content (AvgIpc) is 2.85. The third-order valence-electron chi connectivity index (χ3n) is 6.01. The number of rotatable bonds is 9. The van der Waals surface area contributed by atoms with E-state index in [1.54, 1.807) is 18.2 Å². The van der Waals surface area contributed by atoms with Crippen molar-refractivity contribution in [1.82, 2.24) is 10.6 Å². The lowest BCUT2D eigenvalue weighted by Crippen LogP contribution is -2.36. The number of anilines is 1. The summed E-state index contributed by atoms with van der Waals surface area (Å²) in [5.74, 6) is 0.401. The Labute approximate surface area is 190 Å². The van der Waals surface area contributed by atoms with E-state index in [9.17, 15) is 9.59 Å². The minimum absolute atomic E-state index is 0.102. The summed E-state index contributed by atoms with van der Waals surface area (Å²) in [6.07, 6.45) is 6.47.